The fourth-order valence-electron chi connectivity index (χ4n) is 1.17. The molecule has 8 heteroatoms. The number of hydrogen-bond acceptors (Lipinski definition) is 5. The Bertz CT molecular complexity index is 429. The van der Waals surface area contributed by atoms with Crippen LogP contribution in [0.2, 0.25) is 0 Å². The van der Waals surface area contributed by atoms with Crippen LogP contribution in [-0.4, -0.2) is 45.1 Å². The van der Waals surface area contributed by atoms with Crippen LogP contribution < -0.4 is 10.6 Å². The second kappa shape index (κ2) is 7.17. The molecule has 18 heavy (non-hydrogen) atoms. The topological polar surface area (TPSA) is 109 Å². The van der Waals surface area contributed by atoms with Gasteiger partial charge in [-0.2, -0.15) is 0 Å². The zero-order valence-electron chi connectivity index (χ0n) is 9.80. The van der Waals surface area contributed by atoms with Crippen molar-refractivity contribution >= 4 is 11.9 Å². The van der Waals surface area contributed by atoms with Crippen molar-refractivity contribution in [1.29, 1.82) is 0 Å². The van der Waals surface area contributed by atoms with E-state index in [4.69, 9.17) is 5.11 Å². The van der Waals surface area contributed by atoms with Gasteiger partial charge in [0.2, 0.25) is 5.91 Å². The Morgan fingerprint density at radius 3 is 3.00 bits per heavy atom. The first-order valence-corrected chi connectivity index (χ1v) is 5.31. The third kappa shape index (κ3) is 5.21. The van der Waals surface area contributed by atoms with Crippen LogP contribution in [0.3, 0.4) is 0 Å². The maximum atomic E-state index is 11.3. The van der Waals surface area contributed by atoms with Gasteiger partial charge in [-0.1, -0.05) is 11.3 Å². The molecular formula is C10H15N5O3. The summed E-state index contributed by atoms with van der Waals surface area (Å²) in [5.41, 5.74) is 0.508. The fourth-order valence-corrected chi connectivity index (χ4v) is 1.17. The van der Waals surface area contributed by atoms with Gasteiger partial charge in [0.05, 0.1) is 19.3 Å². The number of carbonyl (C=O) groups excluding carboxylic acids is 1. The third-order valence-corrected chi connectivity index (χ3v) is 1.92. The lowest BCUT2D eigenvalue weighted by molar-refractivity contribution is -0.138. The van der Waals surface area contributed by atoms with Crippen LogP contribution in [0.4, 0.5) is 0 Å². The van der Waals surface area contributed by atoms with E-state index in [9.17, 15) is 9.59 Å². The molecule has 0 unspecified atom stereocenters. The summed E-state index contributed by atoms with van der Waals surface area (Å²) in [6.07, 6.45) is 3.14. The first-order chi connectivity index (χ1) is 8.61. The Morgan fingerprint density at radius 1 is 1.56 bits per heavy atom. The molecule has 0 atom stereocenters. The van der Waals surface area contributed by atoms with E-state index in [-0.39, 0.29) is 25.5 Å². The Morgan fingerprint density at radius 2 is 2.33 bits per heavy atom. The lowest BCUT2D eigenvalue weighted by atomic mass is 10.4. The van der Waals surface area contributed by atoms with Gasteiger partial charge in [0.15, 0.2) is 0 Å². The maximum absolute atomic E-state index is 11.3. The second-order valence-electron chi connectivity index (χ2n) is 3.50. The molecule has 0 fully saturated rings. The first-order valence-electron chi connectivity index (χ1n) is 5.31. The minimum atomic E-state index is -0.996. The molecule has 0 aromatic carbocycles. The second-order valence-corrected chi connectivity index (χ2v) is 3.50. The highest BCUT2D eigenvalue weighted by Gasteiger charge is 2.05. The van der Waals surface area contributed by atoms with E-state index >= 15 is 0 Å². The molecule has 1 aromatic rings. The lowest BCUT2D eigenvalue weighted by Crippen LogP contribution is -2.33. The molecule has 3 N–H and O–H groups in total. The highest BCUT2D eigenvalue weighted by atomic mass is 16.4. The van der Waals surface area contributed by atoms with Crippen LogP contribution in [0.1, 0.15) is 5.69 Å². The van der Waals surface area contributed by atoms with E-state index in [1.165, 1.54) is 10.9 Å². The van der Waals surface area contributed by atoms with E-state index in [1.54, 1.807) is 6.08 Å². The van der Waals surface area contributed by atoms with E-state index < -0.39 is 5.97 Å². The van der Waals surface area contributed by atoms with Crippen molar-refractivity contribution in [2.75, 3.05) is 13.1 Å². The van der Waals surface area contributed by atoms with E-state index in [0.29, 0.717) is 12.2 Å². The summed E-state index contributed by atoms with van der Waals surface area (Å²) in [6.45, 7) is 4.23. The number of aliphatic carboxylic acids is 1. The van der Waals surface area contributed by atoms with Crippen LogP contribution in [0.5, 0.6) is 0 Å². The summed E-state index contributed by atoms with van der Waals surface area (Å²) in [5.74, 6) is -1.17. The molecule has 0 aliphatic heterocycles. The van der Waals surface area contributed by atoms with Gasteiger partial charge in [-0.25, -0.2) is 4.68 Å². The van der Waals surface area contributed by atoms with Crippen LogP contribution >= 0.6 is 0 Å². The van der Waals surface area contributed by atoms with Crippen molar-refractivity contribution in [3.05, 3.63) is 24.5 Å². The Kier molecular flexibility index (Phi) is 5.52. The smallest absolute Gasteiger partial charge is 0.325 e. The minimum Gasteiger partial charge on any atom is -0.480 e. The normalized spacial score (nSPS) is 10.0. The summed E-state index contributed by atoms with van der Waals surface area (Å²) in [7, 11) is 0. The van der Waals surface area contributed by atoms with Gasteiger partial charge in [-0.3, -0.25) is 9.59 Å². The predicted octanol–water partition coefficient (Wildman–Crippen LogP) is -1.25. The zero-order chi connectivity index (χ0) is 13.4. The Balaban J connectivity index is 2.30. The van der Waals surface area contributed by atoms with Crippen molar-refractivity contribution in [2.24, 2.45) is 0 Å². The lowest BCUT2D eigenvalue weighted by Gasteiger charge is -2.02. The van der Waals surface area contributed by atoms with Crippen molar-refractivity contribution in [1.82, 2.24) is 25.6 Å². The average molecular weight is 253 g/mol. The molecule has 98 valence electrons. The van der Waals surface area contributed by atoms with Gasteiger partial charge in [0, 0.05) is 6.54 Å². The van der Waals surface area contributed by atoms with Crippen molar-refractivity contribution in [3.8, 4) is 0 Å². The minimum absolute atomic E-state index is 0.176. The third-order valence-electron chi connectivity index (χ3n) is 1.92. The molecule has 0 radical (unpaired) electrons. The summed E-state index contributed by atoms with van der Waals surface area (Å²) in [6, 6.07) is 0. The van der Waals surface area contributed by atoms with Crippen LogP contribution in [0.15, 0.2) is 18.9 Å². The molecule has 8 nitrogen and oxygen atoms in total. The molecule has 1 aromatic heterocycles. The van der Waals surface area contributed by atoms with E-state index in [2.05, 4.69) is 27.5 Å². The Labute approximate surface area is 104 Å². The van der Waals surface area contributed by atoms with Crippen molar-refractivity contribution in [3.63, 3.8) is 0 Å². The molecule has 0 spiro atoms. The van der Waals surface area contributed by atoms with Gasteiger partial charge < -0.3 is 15.7 Å². The highest BCUT2D eigenvalue weighted by molar-refractivity contribution is 5.77. The average Bonchev–Trinajstić information content (AvgIpc) is 2.73. The molecule has 1 heterocycles. The number of amides is 1. The molecule has 0 aliphatic carbocycles. The molecule has 0 saturated carbocycles. The number of rotatable bonds is 8. The number of carboxylic acids is 1. The molecule has 0 saturated heterocycles. The number of nitrogens with one attached hydrogen (secondary N) is 2. The van der Waals surface area contributed by atoms with E-state index in [1.807, 2.05) is 0 Å². The standard InChI is InChI=1S/C10H15N5O3/c1-2-3-11-5-9(16)12-4-8-6-15(14-13-8)7-10(17)18/h2,6,11H,1,3-5,7H2,(H,12,16)(H,17,18). The zero-order valence-corrected chi connectivity index (χ0v) is 9.80. The van der Waals surface area contributed by atoms with Crippen LogP contribution in [0.25, 0.3) is 0 Å². The number of nitrogens with zero attached hydrogens (tertiary/aromatic N) is 3. The van der Waals surface area contributed by atoms with Crippen molar-refractivity contribution in [2.45, 2.75) is 13.1 Å². The summed E-state index contributed by atoms with van der Waals surface area (Å²) in [5, 5.41) is 21.4. The number of aromatic nitrogens is 3. The maximum Gasteiger partial charge on any atom is 0.325 e. The molecular weight excluding hydrogens is 238 g/mol. The number of hydrogen-bond donors (Lipinski definition) is 3. The van der Waals surface area contributed by atoms with Crippen LogP contribution in [-0.2, 0) is 22.7 Å². The highest BCUT2D eigenvalue weighted by Crippen LogP contribution is 1.92. The van der Waals surface area contributed by atoms with Crippen molar-refractivity contribution < 1.29 is 14.7 Å². The van der Waals surface area contributed by atoms with E-state index in [0.717, 1.165) is 0 Å². The van der Waals surface area contributed by atoms with Gasteiger partial charge in [-0.15, -0.1) is 11.7 Å². The number of carbonyl (C=O) groups is 2. The molecule has 0 aliphatic rings. The summed E-state index contributed by atoms with van der Waals surface area (Å²) >= 11 is 0. The largest absolute Gasteiger partial charge is 0.480 e. The molecule has 1 rings (SSSR count). The molecule has 0 bridgehead atoms. The summed E-state index contributed by atoms with van der Waals surface area (Å²) in [4.78, 5) is 21.7. The predicted molar refractivity (Wildman–Crippen MR) is 62.6 cm³/mol. The summed E-state index contributed by atoms with van der Waals surface area (Å²) < 4.78 is 1.19. The Hall–Kier alpha value is -2.22. The number of carboxylic acid groups (broad SMARTS) is 1. The molecule has 1 amide bonds. The fraction of sp³-hybridized carbons (Fsp3) is 0.400. The first kappa shape index (κ1) is 13.8. The monoisotopic (exact) mass is 253 g/mol. The van der Waals surface area contributed by atoms with Gasteiger partial charge in [-0.05, 0) is 0 Å². The quantitative estimate of drug-likeness (QED) is 0.395. The van der Waals surface area contributed by atoms with Gasteiger partial charge in [0.25, 0.3) is 0 Å². The van der Waals surface area contributed by atoms with Crippen LogP contribution in [0, 0.1) is 0 Å². The van der Waals surface area contributed by atoms with Gasteiger partial charge >= 0.3 is 5.97 Å². The van der Waals surface area contributed by atoms with Gasteiger partial charge in [0.1, 0.15) is 12.2 Å². The SMILES string of the molecule is C=CCNCC(=O)NCc1cn(CC(=O)O)nn1.